The number of rotatable bonds is 2. The van der Waals surface area contributed by atoms with Gasteiger partial charge in [-0.2, -0.15) is 0 Å². The summed E-state index contributed by atoms with van der Waals surface area (Å²) in [6.45, 7) is 6.92. The predicted molar refractivity (Wildman–Crippen MR) is 72.4 cm³/mol. The molecule has 98 valence electrons. The van der Waals surface area contributed by atoms with Gasteiger partial charge in [-0.15, -0.1) is 10.2 Å². The van der Waals surface area contributed by atoms with Crippen molar-refractivity contribution in [2.75, 3.05) is 0 Å². The van der Waals surface area contributed by atoms with Gasteiger partial charge in [-0.3, -0.25) is 0 Å². The molecule has 0 N–H and O–H groups in total. The summed E-state index contributed by atoms with van der Waals surface area (Å²) in [7, 11) is 0. The summed E-state index contributed by atoms with van der Waals surface area (Å²) in [5, 5.41) is 8.93. The number of nitrogens with zero attached hydrogens (tertiary/aromatic N) is 4. The van der Waals surface area contributed by atoms with Crippen LogP contribution in [0.15, 0.2) is 18.2 Å². The maximum atomic E-state index is 13.4. The van der Waals surface area contributed by atoms with E-state index in [0.717, 1.165) is 23.1 Å². The van der Waals surface area contributed by atoms with Crippen molar-refractivity contribution in [3.8, 4) is 0 Å². The number of fused-ring (bicyclic) bond motifs is 3. The van der Waals surface area contributed by atoms with Crippen molar-refractivity contribution in [2.45, 2.75) is 27.3 Å². The van der Waals surface area contributed by atoms with Gasteiger partial charge in [-0.05, 0) is 31.0 Å². The average molecular weight is 258 g/mol. The summed E-state index contributed by atoms with van der Waals surface area (Å²) in [4.78, 5) is 4.46. The van der Waals surface area contributed by atoms with Crippen molar-refractivity contribution in [1.29, 1.82) is 0 Å². The van der Waals surface area contributed by atoms with Gasteiger partial charge in [-0.25, -0.2) is 9.37 Å². The molecule has 0 unspecified atom stereocenters. The van der Waals surface area contributed by atoms with Crippen LogP contribution in [-0.2, 0) is 6.54 Å². The van der Waals surface area contributed by atoms with Crippen molar-refractivity contribution in [3.05, 3.63) is 29.8 Å². The average Bonchev–Trinajstić information content (AvgIpc) is 2.62. The highest BCUT2D eigenvalue weighted by atomic mass is 19.1. The fourth-order valence-corrected chi connectivity index (χ4v) is 2.36. The van der Waals surface area contributed by atoms with Gasteiger partial charge in [-0.1, -0.05) is 13.8 Å². The molecule has 2 aromatic heterocycles. The Balaban J connectivity index is 2.43. The summed E-state index contributed by atoms with van der Waals surface area (Å²) < 4.78 is 15.5. The van der Waals surface area contributed by atoms with Crippen LogP contribution < -0.4 is 0 Å². The van der Waals surface area contributed by atoms with Gasteiger partial charge in [0.2, 0.25) is 0 Å². The van der Waals surface area contributed by atoms with E-state index in [1.54, 1.807) is 6.07 Å². The molecule has 0 amide bonds. The molecule has 4 nitrogen and oxygen atoms in total. The summed E-state index contributed by atoms with van der Waals surface area (Å²) in [6.07, 6.45) is 0. The van der Waals surface area contributed by atoms with E-state index in [0.29, 0.717) is 17.3 Å². The van der Waals surface area contributed by atoms with E-state index in [1.165, 1.54) is 12.1 Å². The molecule has 0 radical (unpaired) electrons. The number of aryl methyl sites for hydroxylation is 1. The first-order chi connectivity index (χ1) is 9.06. The van der Waals surface area contributed by atoms with Crippen molar-refractivity contribution in [3.63, 3.8) is 0 Å². The fourth-order valence-electron chi connectivity index (χ4n) is 2.36. The van der Waals surface area contributed by atoms with Crippen LogP contribution in [-0.4, -0.2) is 19.7 Å². The Labute approximate surface area is 110 Å². The molecule has 0 aliphatic rings. The minimum atomic E-state index is -0.265. The minimum absolute atomic E-state index is 0.265. The summed E-state index contributed by atoms with van der Waals surface area (Å²) >= 11 is 0. The summed E-state index contributed by atoms with van der Waals surface area (Å²) in [5.41, 5.74) is 2.40. The lowest BCUT2D eigenvalue weighted by atomic mass is 10.2. The lowest BCUT2D eigenvalue weighted by Gasteiger charge is -2.09. The lowest BCUT2D eigenvalue weighted by molar-refractivity contribution is 0.542. The first-order valence-corrected chi connectivity index (χ1v) is 6.35. The third-order valence-corrected chi connectivity index (χ3v) is 3.08. The summed E-state index contributed by atoms with van der Waals surface area (Å²) in [6, 6.07) is 4.75. The van der Waals surface area contributed by atoms with E-state index in [2.05, 4.69) is 33.6 Å². The van der Waals surface area contributed by atoms with E-state index in [1.807, 2.05) is 6.92 Å². The second kappa shape index (κ2) is 4.26. The second-order valence-corrected chi connectivity index (χ2v) is 5.20. The van der Waals surface area contributed by atoms with E-state index in [-0.39, 0.29) is 5.82 Å². The van der Waals surface area contributed by atoms with E-state index >= 15 is 0 Å². The monoisotopic (exact) mass is 258 g/mol. The Hall–Kier alpha value is -2.04. The van der Waals surface area contributed by atoms with Crippen molar-refractivity contribution >= 4 is 22.1 Å². The zero-order valence-electron chi connectivity index (χ0n) is 11.2. The predicted octanol–water partition coefficient (Wildman–Crippen LogP) is 3.08. The molecule has 0 atom stereocenters. The first kappa shape index (κ1) is 12.0. The van der Waals surface area contributed by atoms with Gasteiger partial charge in [0, 0.05) is 11.9 Å². The van der Waals surface area contributed by atoms with Crippen molar-refractivity contribution in [1.82, 2.24) is 19.7 Å². The molecule has 0 aliphatic heterocycles. The highest BCUT2D eigenvalue weighted by Crippen LogP contribution is 2.27. The molecule has 0 bridgehead atoms. The van der Waals surface area contributed by atoms with Gasteiger partial charge in [0.15, 0.2) is 5.65 Å². The largest absolute Gasteiger partial charge is 0.324 e. The normalized spacial score (nSPS) is 11.8. The van der Waals surface area contributed by atoms with Gasteiger partial charge in [0.1, 0.15) is 17.2 Å². The van der Waals surface area contributed by atoms with Crippen LogP contribution in [0.4, 0.5) is 4.39 Å². The number of halogens is 1. The number of hydrogen-bond acceptors (Lipinski definition) is 3. The van der Waals surface area contributed by atoms with Gasteiger partial charge in [0.25, 0.3) is 0 Å². The molecule has 3 rings (SSSR count). The molecule has 0 aliphatic carbocycles. The maximum absolute atomic E-state index is 13.4. The molecule has 0 saturated carbocycles. The molecule has 2 heterocycles. The number of benzene rings is 1. The summed E-state index contributed by atoms with van der Waals surface area (Å²) in [5.74, 6) is 0.832. The molecule has 19 heavy (non-hydrogen) atoms. The Morgan fingerprint density at radius 3 is 2.79 bits per heavy atom. The van der Waals surface area contributed by atoms with E-state index < -0.39 is 0 Å². The Kier molecular flexibility index (Phi) is 2.69. The quantitative estimate of drug-likeness (QED) is 0.709. The van der Waals surface area contributed by atoms with E-state index in [4.69, 9.17) is 0 Å². The van der Waals surface area contributed by atoms with Crippen molar-refractivity contribution < 1.29 is 4.39 Å². The zero-order chi connectivity index (χ0) is 13.6. The molecule has 0 fully saturated rings. The zero-order valence-corrected chi connectivity index (χ0v) is 11.2. The van der Waals surface area contributed by atoms with Crippen LogP contribution in [0.3, 0.4) is 0 Å². The highest BCUT2D eigenvalue weighted by Gasteiger charge is 2.15. The fraction of sp³-hybridized carbons (Fsp3) is 0.357. The molecule has 5 heteroatoms. The third kappa shape index (κ3) is 1.95. The molecule has 0 saturated heterocycles. The van der Waals surface area contributed by atoms with Crippen LogP contribution in [0.2, 0.25) is 0 Å². The smallest absolute Gasteiger partial charge is 0.163 e. The lowest BCUT2D eigenvalue weighted by Crippen LogP contribution is -2.05. The van der Waals surface area contributed by atoms with E-state index in [9.17, 15) is 4.39 Å². The first-order valence-electron chi connectivity index (χ1n) is 6.35. The van der Waals surface area contributed by atoms with Crippen LogP contribution in [0.1, 0.15) is 19.7 Å². The molecule has 3 aromatic rings. The van der Waals surface area contributed by atoms with Gasteiger partial charge >= 0.3 is 0 Å². The van der Waals surface area contributed by atoms with Gasteiger partial charge < -0.3 is 4.57 Å². The van der Waals surface area contributed by atoms with Crippen LogP contribution in [0.25, 0.3) is 22.1 Å². The molecule has 0 spiro atoms. The molecular formula is C14H15FN4. The SMILES string of the molecule is Cc1nnc2c3cc(F)ccc3n(CC(C)C)c2n1. The molecular weight excluding hydrogens is 243 g/mol. The number of hydrogen-bond donors (Lipinski definition) is 0. The minimum Gasteiger partial charge on any atom is -0.324 e. The van der Waals surface area contributed by atoms with Crippen LogP contribution >= 0.6 is 0 Å². The van der Waals surface area contributed by atoms with Crippen LogP contribution in [0.5, 0.6) is 0 Å². The highest BCUT2D eigenvalue weighted by molar-refractivity contribution is 6.04. The topological polar surface area (TPSA) is 43.6 Å². The standard InChI is InChI=1S/C14H15FN4/c1-8(2)7-19-12-5-4-10(15)6-11(12)13-14(19)16-9(3)17-18-13/h4-6,8H,7H2,1-3H3. The number of aromatic nitrogens is 4. The van der Waals surface area contributed by atoms with Gasteiger partial charge in [0.05, 0.1) is 5.52 Å². The van der Waals surface area contributed by atoms with Crippen molar-refractivity contribution in [2.24, 2.45) is 5.92 Å². The Morgan fingerprint density at radius 1 is 1.26 bits per heavy atom. The Morgan fingerprint density at radius 2 is 2.05 bits per heavy atom. The Bertz CT molecular complexity index is 761. The second-order valence-electron chi connectivity index (χ2n) is 5.20. The maximum Gasteiger partial charge on any atom is 0.163 e. The third-order valence-electron chi connectivity index (χ3n) is 3.08. The van der Waals surface area contributed by atoms with Crippen LogP contribution in [0, 0.1) is 18.7 Å². The molecule has 1 aromatic carbocycles.